The number of ether oxygens (including phenoxy) is 2. The molecule has 1 heterocycles. The molecule has 2 aromatic carbocycles. The molecule has 152 valence electrons. The molecule has 0 unspecified atom stereocenters. The number of methoxy groups -OCH3 is 2. The van der Waals surface area contributed by atoms with E-state index in [1.165, 1.54) is 11.1 Å². The van der Waals surface area contributed by atoms with Crippen LogP contribution in [0.4, 0.5) is 5.69 Å². The van der Waals surface area contributed by atoms with Gasteiger partial charge in [-0.15, -0.1) is 0 Å². The van der Waals surface area contributed by atoms with Crippen LogP contribution in [0.3, 0.4) is 0 Å². The van der Waals surface area contributed by atoms with Crippen LogP contribution in [0, 0.1) is 0 Å². The Bertz CT molecular complexity index is 924. The number of hydrogen-bond donors (Lipinski definition) is 1. The van der Waals surface area contributed by atoms with E-state index in [1.54, 1.807) is 20.5 Å². The second-order valence-electron chi connectivity index (χ2n) is 6.60. The van der Waals surface area contributed by atoms with Gasteiger partial charge in [0.15, 0.2) is 5.11 Å². The SMILES string of the molecule is CCc1ccc(CN(Cc2ccco2)C(=S)Nc2ccc(OC)cc2OC)cc1. The number of hydrogen-bond acceptors (Lipinski definition) is 4. The van der Waals surface area contributed by atoms with Crippen LogP contribution in [0.15, 0.2) is 65.3 Å². The highest BCUT2D eigenvalue weighted by Gasteiger charge is 2.15. The van der Waals surface area contributed by atoms with Gasteiger partial charge < -0.3 is 24.1 Å². The minimum Gasteiger partial charge on any atom is -0.497 e. The van der Waals surface area contributed by atoms with Crippen molar-refractivity contribution >= 4 is 23.0 Å². The Morgan fingerprint density at radius 1 is 1.00 bits per heavy atom. The average molecular weight is 411 g/mol. The molecule has 0 spiro atoms. The number of nitrogens with zero attached hydrogens (tertiary/aromatic N) is 1. The number of furan rings is 1. The number of anilines is 1. The fourth-order valence-electron chi connectivity index (χ4n) is 2.99. The summed E-state index contributed by atoms with van der Waals surface area (Å²) in [7, 11) is 3.25. The molecule has 3 rings (SSSR count). The molecule has 6 heteroatoms. The van der Waals surface area contributed by atoms with Crippen molar-refractivity contribution in [3.63, 3.8) is 0 Å². The van der Waals surface area contributed by atoms with Crippen molar-refractivity contribution in [3.05, 3.63) is 77.7 Å². The smallest absolute Gasteiger partial charge is 0.174 e. The van der Waals surface area contributed by atoms with Crippen LogP contribution < -0.4 is 14.8 Å². The molecule has 0 amide bonds. The normalized spacial score (nSPS) is 10.4. The van der Waals surface area contributed by atoms with Gasteiger partial charge in [0.05, 0.1) is 32.7 Å². The lowest BCUT2D eigenvalue weighted by Gasteiger charge is -2.26. The molecule has 3 aromatic rings. The monoisotopic (exact) mass is 410 g/mol. The summed E-state index contributed by atoms with van der Waals surface area (Å²) in [5.41, 5.74) is 3.28. The largest absolute Gasteiger partial charge is 0.497 e. The topological polar surface area (TPSA) is 46.9 Å². The van der Waals surface area contributed by atoms with Crippen molar-refractivity contribution < 1.29 is 13.9 Å². The second kappa shape index (κ2) is 9.98. The van der Waals surface area contributed by atoms with E-state index in [0.717, 1.165) is 23.6 Å². The molecule has 0 radical (unpaired) electrons. The predicted molar refractivity (Wildman–Crippen MR) is 120 cm³/mol. The van der Waals surface area contributed by atoms with Crippen LogP contribution in [0.5, 0.6) is 11.5 Å². The summed E-state index contributed by atoms with van der Waals surface area (Å²) in [6, 6.07) is 18.0. The number of benzene rings is 2. The number of nitrogens with one attached hydrogen (secondary N) is 1. The van der Waals surface area contributed by atoms with Crippen molar-refractivity contribution in [1.29, 1.82) is 0 Å². The molecule has 29 heavy (non-hydrogen) atoms. The minimum atomic E-state index is 0.562. The Balaban J connectivity index is 1.80. The van der Waals surface area contributed by atoms with E-state index in [1.807, 2.05) is 30.3 Å². The van der Waals surface area contributed by atoms with Gasteiger partial charge in [-0.2, -0.15) is 0 Å². The fourth-order valence-corrected chi connectivity index (χ4v) is 3.23. The Labute approximate surface area is 177 Å². The van der Waals surface area contributed by atoms with Crippen LogP contribution in [-0.2, 0) is 19.5 Å². The van der Waals surface area contributed by atoms with Gasteiger partial charge in [-0.05, 0) is 54.0 Å². The third kappa shape index (κ3) is 5.51. The summed E-state index contributed by atoms with van der Waals surface area (Å²) >= 11 is 5.73. The number of thiocarbonyl (C=S) groups is 1. The first-order valence-electron chi connectivity index (χ1n) is 9.51. The first-order chi connectivity index (χ1) is 14.1. The Hall–Kier alpha value is -2.99. The van der Waals surface area contributed by atoms with Gasteiger partial charge in [-0.1, -0.05) is 31.2 Å². The first kappa shape index (κ1) is 20.7. The maximum absolute atomic E-state index is 5.73. The van der Waals surface area contributed by atoms with Gasteiger partial charge in [0.1, 0.15) is 17.3 Å². The van der Waals surface area contributed by atoms with E-state index in [2.05, 4.69) is 41.4 Å². The molecule has 0 bridgehead atoms. The van der Waals surface area contributed by atoms with Crippen molar-refractivity contribution in [3.8, 4) is 11.5 Å². The molecule has 0 aliphatic rings. The van der Waals surface area contributed by atoms with Crippen LogP contribution in [0.2, 0.25) is 0 Å². The van der Waals surface area contributed by atoms with Gasteiger partial charge >= 0.3 is 0 Å². The summed E-state index contributed by atoms with van der Waals surface area (Å²) < 4.78 is 16.3. The first-order valence-corrected chi connectivity index (χ1v) is 9.92. The van der Waals surface area contributed by atoms with Gasteiger partial charge in [0.25, 0.3) is 0 Å². The maximum atomic E-state index is 5.73. The molecule has 0 fully saturated rings. The minimum absolute atomic E-state index is 0.562. The molecule has 0 saturated heterocycles. The molecule has 5 nitrogen and oxygen atoms in total. The van der Waals surface area contributed by atoms with Gasteiger partial charge in [0.2, 0.25) is 0 Å². The van der Waals surface area contributed by atoms with Crippen LogP contribution in [-0.4, -0.2) is 24.2 Å². The Kier molecular flexibility index (Phi) is 7.14. The van der Waals surface area contributed by atoms with E-state index in [-0.39, 0.29) is 0 Å². The van der Waals surface area contributed by atoms with Gasteiger partial charge in [0, 0.05) is 12.6 Å². The number of rotatable bonds is 8. The van der Waals surface area contributed by atoms with Crippen molar-refractivity contribution in [2.24, 2.45) is 0 Å². The highest BCUT2D eigenvalue weighted by Crippen LogP contribution is 2.29. The molecule has 1 N–H and O–H groups in total. The predicted octanol–water partition coefficient (Wildman–Crippen LogP) is 5.26. The van der Waals surface area contributed by atoms with Crippen molar-refractivity contribution in [1.82, 2.24) is 4.90 Å². The molecule has 0 atom stereocenters. The zero-order valence-electron chi connectivity index (χ0n) is 17.0. The third-order valence-corrected chi connectivity index (χ3v) is 5.03. The van der Waals surface area contributed by atoms with E-state index in [0.29, 0.717) is 24.0 Å². The lowest BCUT2D eigenvalue weighted by atomic mass is 10.1. The third-order valence-electron chi connectivity index (χ3n) is 4.67. The molecular weight excluding hydrogens is 384 g/mol. The summed E-state index contributed by atoms with van der Waals surface area (Å²) in [4.78, 5) is 2.07. The van der Waals surface area contributed by atoms with E-state index in [4.69, 9.17) is 26.1 Å². The highest BCUT2D eigenvalue weighted by atomic mass is 32.1. The zero-order chi connectivity index (χ0) is 20.6. The van der Waals surface area contributed by atoms with E-state index in [9.17, 15) is 0 Å². The maximum Gasteiger partial charge on any atom is 0.174 e. The molecule has 0 aliphatic heterocycles. The second-order valence-corrected chi connectivity index (χ2v) is 6.99. The molecule has 1 aromatic heterocycles. The standard InChI is InChI=1S/C23H26N2O3S/c1-4-17-7-9-18(10-8-17)15-25(16-20-6-5-13-28-20)23(29)24-21-12-11-19(26-2)14-22(21)27-3/h5-14H,4,15-16H2,1-3H3,(H,24,29). The molecule has 0 saturated carbocycles. The summed E-state index contributed by atoms with van der Waals surface area (Å²) in [5.74, 6) is 2.24. The highest BCUT2D eigenvalue weighted by molar-refractivity contribution is 7.80. The summed E-state index contributed by atoms with van der Waals surface area (Å²) in [6.07, 6.45) is 2.69. The zero-order valence-corrected chi connectivity index (χ0v) is 17.8. The van der Waals surface area contributed by atoms with Crippen molar-refractivity contribution in [2.45, 2.75) is 26.4 Å². The molecule has 0 aliphatic carbocycles. The number of aryl methyl sites for hydroxylation is 1. The quantitative estimate of drug-likeness (QED) is 0.511. The lowest BCUT2D eigenvalue weighted by Crippen LogP contribution is -2.33. The van der Waals surface area contributed by atoms with E-state index < -0.39 is 0 Å². The Morgan fingerprint density at radius 3 is 2.38 bits per heavy atom. The van der Waals surface area contributed by atoms with Gasteiger partial charge in [-0.3, -0.25) is 0 Å². The van der Waals surface area contributed by atoms with Crippen LogP contribution in [0.1, 0.15) is 23.8 Å². The summed E-state index contributed by atoms with van der Waals surface area (Å²) in [6.45, 7) is 3.38. The average Bonchev–Trinajstić information content (AvgIpc) is 3.27. The molecular formula is C23H26N2O3S. The Morgan fingerprint density at radius 2 is 1.76 bits per heavy atom. The van der Waals surface area contributed by atoms with Crippen molar-refractivity contribution in [2.75, 3.05) is 19.5 Å². The lowest BCUT2D eigenvalue weighted by molar-refractivity contribution is 0.360. The van der Waals surface area contributed by atoms with Crippen LogP contribution >= 0.6 is 12.2 Å². The van der Waals surface area contributed by atoms with Crippen LogP contribution in [0.25, 0.3) is 0 Å². The summed E-state index contributed by atoms with van der Waals surface area (Å²) in [5, 5.41) is 3.89. The van der Waals surface area contributed by atoms with E-state index >= 15 is 0 Å². The fraction of sp³-hybridized carbons (Fsp3) is 0.261. The van der Waals surface area contributed by atoms with Gasteiger partial charge in [-0.25, -0.2) is 0 Å².